The van der Waals surface area contributed by atoms with Crippen molar-refractivity contribution in [3.63, 3.8) is 0 Å². The average molecular weight is 291 g/mol. The first kappa shape index (κ1) is 13.7. The van der Waals surface area contributed by atoms with E-state index in [1.807, 2.05) is 30.3 Å². The third kappa shape index (κ3) is 2.77. The predicted molar refractivity (Wildman–Crippen MR) is 74.2 cm³/mol. The number of aliphatic imine (C=N–C) groups is 1. The molecule has 2 aromatic carbocycles. The zero-order valence-electron chi connectivity index (χ0n) is 11.0. The Labute approximate surface area is 119 Å². The summed E-state index contributed by atoms with van der Waals surface area (Å²) in [5.74, 6) is 0.278. The zero-order valence-corrected chi connectivity index (χ0v) is 11.0. The Morgan fingerprint density at radius 2 is 1.71 bits per heavy atom. The maximum absolute atomic E-state index is 12.9. The molecule has 2 aromatic rings. The van der Waals surface area contributed by atoms with E-state index in [2.05, 4.69) is 4.99 Å². The molecule has 108 valence electrons. The van der Waals surface area contributed by atoms with Gasteiger partial charge in [0.2, 0.25) is 5.90 Å². The quantitative estimate of drug-likeness (QED) is 0.814. The van der Waals surface area contributed by atoms with Crippen LogP contribution in [0.3, 0.4) is 0 Å². The summed E-state index contributed by atoms with van der Waals surface area (Å²) in [6.07, 6.45) is -4.39. The molecule has 0 bridgehead atoms. The van der Waals surface area contributed by atoms with E-state index in [0.717, 1.165) is 17.7 Å². The zero-order chi connectivity index (χ0) is 14.9. The maximum atomic E-state index is 12.9. The number of benzene rings is 2. The van der Waals surface area contributed by atoms with Gasteiger partial charge in [0, 0.05) is 5.56 Å². The van der Waals surface area contributed by atoms with Crippen molar-refractivity contribution in [2.75, 3.05) is 13.2 Å². The summed E-state index contributed by atoms with van der Waals surface area (Å²) in [5.41, 5.74) is 1.20. The van der Waals surface area contributed by atoms with Crippen molar-refractivity contribution in [2.45, 2.75) is 6.18 Å². The number of alkyl halides is 3. The van der Waals surface area contributed by atoms with Gasteiger partial charge in [0.1, 0.15) is 6.61 Å². The van der Waals surface area contributed by atoms with Crippen LogP contribution in [0.4, 0.5) is 13.2 Å². The Morgan fingerprint density at radius 1 is 0.952 bits per heavy atom. The highest BCUT2D eigenvalue weighted by atomic mass is 19.4. The van der Waals surface area contributed by atoms with E-state index in [1.165, 1.54) is 6.07 Å². The van der Waals surface area contributed by atoms with Crippen LogP contribution in [-0.2, 0) is 10.9 Å². The normalized spacial score (nSPS) is 14.7. The average Bonchev–Trinajstić information content (AvgIpc) is 3.01. The van der Waals surface area contributed by atoms with Gasteiger partial charge in [0.05, 0.1) is 12.1 Å². The summed E-state index contributed by atoms with van der Waals surface area (Å²) in [4.78, 5) is 4.14. The van der Waals surface area contributed by atoms with Gasteiger partial charge in [-0.05, 0) is 23.3 Å². The molecule has 1 heterocycles. The van der Waals surface area contributed by atoms with Crippen LogP contribution in [0.25, 0.3) is 11.1 Å². The fourth-order valence-electron chi connectivity index (χ4n) is 2.27. The second-order valence-electron chi connectivity index (χ2n) is 4.66. The molecule has 1 aliphatic heterocycles. The minimum atomic E-state index is -4.39. The van der Waals surface area contributed by atoms with Gasteiger partial charge in [-0.25, -0.2) is 4.99 Å². The van der Waals surface area contributed by atoms with Crippen molar-refractivity contribution in [3.8, 4) is 11.1 Å². The van der Waals surface area contributed by atoms with E-state index < -0.39 is 11.7 Å². The number of ether oxygens (including phenoxy) is 1. The smallest absolute Gasteiger partial charge is 0.416 e. The van der Waals surface area contributed by atoms with Crippen molar-refractivity contribution in [1.29, 1.82) is 0 Å². The molecule has 0 aliphatic carbocycles. The van der Waals surface area contributed by atoms with Crippen LogP contribution in [0.1, 0.15) is 11.1 Å². The Hall–Kier alpha value is -2.30. The van der Waals surface area contributed by atoms with Gasteiger partial charge in [0.15, 0.2) is 0 Å². The Kier molecular flexibility index (Phi) is 3.41. The van der Waals surface area contributed by atoms with E-state index in [1.54, 1.807) is 0 Å². The topological polar surface area (TPSA) is 21.6 Å². The molecular weight excluding hydrogens is 279 g/mol. The number of halogens is 3. The molecule has 21 heavy (non-hydrogen) atoms. The van der Waals surface area contributed by atoms with Crippen molar-refractivity contribution < 1.29 is 17.9 Å². The van der Waals surface area contributed by atoms with Crippen LogP contribution < -0.4 is 0 Å². The standard InChI is InChI=1S/C16H12F3NO/c17-16(18,19)12-6-7-13(11-4-2-1-3-5-11)14(10-12)15-20-8-9-21-15/h1-7,10H,8-9H2. The third-order valence-corrected chi connectivity index (χ3v) is 3.25. The second-order valence-corrected chi connectivity index (χ2v) is 4.66. The molecule has 1 aliphatic rings. The van der Waals surface area contributed by atoms with Crippen LogP contribution in [-0.4, -0.2) is 19.0 Å². The van der Waals surface area contributed by atoms with Gasteiger partial charge in [-0.2, -0.15) is 13.2 Å². The first-order chi connectivity index (χ1) is 10.1. The van der Waals surface area contributed by atoms with Gasteiger partial charge in [-0.1, -0.05) is 36.4 Å². The van der Waals surface area contributed by atoms with E-state index in [0.29, 0.717) is 24.3 Å². The minimum Gasteiger partial charge on any atom is -0.475 e. The van der Waals surface area contributed by atoms with E-state index in [4.69, 9.17) is 4.74 Å². The fraction of sp³-hybridized carbons (Fsp3) is 0.188. The summed E-state index contributed by atoms with van der Waals surface area (Å²) < 4.78 is 44.1. The second kappa shape index (κ2) is 5.24. The van der Waals surface area contributed by atoms with E-state index in [-0.39, 0.29) is 5.90 Å². The SMILES string of the molecule is FC(F)(F)c1ccc(-c2ccccc2)c(C2=NCCO2)c1. The highest BCUT2D eigenvalue weighted by molar-refractivity contribution is 6.01. The Balaban J connectivity index is 2.16. The lowest BCUT2D eigenvalue weighted by atomic mass is 9.97. The van der Waals surface area contributed by atoms with Gasteiger partial charge in [-0.3, -0.25) is 0 Å². The number of rotatable bonds is 2. The monoisotopic (exact) mass is 291 g/mol. The molecule has 0 radical (unpaired) electrons. The highest BCUT2D eigenvalue weighted by Crippen LogP contribution is 2.34. The summed E-state index contributed by atoms with van der Waals surface area (Å²) in [7, 11) is 0. The predicted octanol–water partition coefficient (Wildman–Crippen LogP) is 4.15. The van der Waals surface area contributed by atoms with Gasteiger partial charge in [0.25, 0.3) is 0 Å². The molecule has 0 saturated heterocycles. The number of hydrogen-bond acceptors (Lipinski definition) is 2. The molecule has 5 heteroatoms. The molecule has 0 atom stereocenters. The molecule has 0 amide bonds. The van der Waals surface area contributed by atoms with Crippen LogP contribution in [0.15, 0.2) is 53.5 Å². The summed E-state index contributed by atoms with van der Waals surface area (Å²) >= 11 is 0. The molecule has 0 unspecified atom stereocenters. The maximum Gasteiger partial charge on any atom is 0.416 e. The first-order valence-electron chi connectivity index (χ1n) is 6.50. The Morgan fingerprint density at radius 3 is 2.33 bits per heavy atom. The van der Waals surface area contributed by atoms with Crippen LogP contribution >= 0.6 is 0 Å². The van der Waals surface area contributed by atoms with Gasteiger partial charge < -0.3 is 4.74 Å². The van der Waals surface area contributed by atoms with Gasteiger partial charge in [-0.15, -0.1) is 0 Å². The lowest BCUT2D eigenvalue weighted by Crippen LogP contribution is -2.09. The Bertz CT molecular complexity index is 678. The lowest BCUT2D eigenvalue weighted by Gasteiger charge is -2.13. The molecule has 0 fully saturated rings. The van der Waals surface area contributed by atoms with Crippen LogP contribution in [0, 0.1) is 0 Å². The van der Waals surface area contributed by atoms with E-state index in [9.17, 15) is 13.2 Å². The molecule has 0 N–H and O–H groups in total. The van der Waals surface area contributed by atoms with Gasteiger partial charge >= 0.3 is 6.18 Å². The van der Waals surface area contributed by atoms with E-state index >= 15 is 0 Å². The third-order valence-electron chi connectivity index (χ3n) is 3.25. The molecule has 0 aromatic heterocycles. The first-order valence-corrected chi connectivity index (χ1v) is 6.50. The molecule has 2 nitrogen and oxygen atoms in total. The van der Waals surface area contributed by atoms with Crippen molar-refractivity contribution in [3.05, 3.63) is 59.7 Å². The minimum absolute atomic E-state index is 0.278. The van der Waals surface area contributed by atoms with Crippen LogP contribution in [0.5, 0.6) is 0 Å². The van der Waals surface area contributed by atoms with Crippen molar-refractivity contribution >= 4 is 5.90 Å². The highest BCUT2D eigenvalue weighted by Gasteiger charge is 2.32. The molecular formula is C16H12F3NO. The number of nitrogens with zero attached hydrogens (tertiary/aromatic N) is 1. The number of hydrogen-bond donors (Lipinski definition) is 0. The van der Waals surface area contributed by atoms with Crippen LogP contribution in [0.2, 0.25) is 0 Å². The fourth-order valence-corrected chi connectivity index (χ4v) is 2.27. The molecule has 3 rings (SSSR count). The molecule has 0 spiro atoms. The summed E-state index contributed by atoms with van der Waals surface area (Å²) in [6, 6.07) is 12.9. The largest absolute Gasteiger partial charge is 0.475 e. The van der Waals surface area contributed by atoms with Crippen molar-refractivity contribution in [2.24, 2.45) is 4.99 Å². The summed E-state index contributed by atoms with van der Waals surface area (Å²) in [5, 5.41) is 0. The van der Waals surface area contributed by atoms with Crippen molar-refractivity contribution in [1.82, 2.24) is 0 Å². The lowest BCUT2D eigenvalue weighted by molar-refractivity contribution is -0.137. The summed E-state index contributed by atoms with van der Waals surface area (Å²) in [6.45, 7) is 0.875. The molecule has 0 saturated carbocycles.